The van der Waals surface area contributed by atoms with E-state index in [0.717, 1.165) is 0 Å². The average Bonchev–Trinajstić information content (AvgIpc) is 3.22. The summed E-state index contributed by atoms with van der Waals surface area (Å²) in [6, 6.07) is 14.8. The number of benzene rings is 3. The Kier molecular flexibility index (Phi) is 6.30. The Bertz CT molecular complexity index is 1290. The van der Waals surface area contributed by atoms with Gasteiger partial charge in [-0.05, 0) is 59.7 Å². The number of aromatic nitrogens is 1. The molecule has 0 aliphatic rings. The van der Waals surface area contributed by atoms with Crippen LogP contribution in [0.5, 0.6) is 0 Å². The number of aliphatic carboxylic acids is 1. The molecule has 0 unspecified atom stereocenters. The fourth-order valence-corrected chi connectivity index (χ4v) is 3.17. The van der Waals surface area contributed by atoms with Gasteiger partial charge in [0.05, 0.1) is 0 Å². The lowest BCUT2D eigenvalue weighted by Gasteiger charge is -2.14. The highest BCUT2D eigenvalue weighted by atomic mass is 19.1. The van der Waals surface area contributed by atoms with E-state index in [0.29, 0.717) is 33.7 Å². The molecule has 1 heterocycles. The molecule has 1 atom stereocenters. The van der Waals surface area contributed by atoms with Crippen molar-refractivity contribution in [1.29, 1.82) is 0 Å². The Morgan fingerprint density at radius 1 is 0.970 bits per heavy atom. The summed E-state index contributed by atoms with van der Waals surface area (Å²) in [4.78, 5) is 28.0. The highest BCUT2D eigenvalue weighted by Gasteiger charge is 2.21. The van der Waals surface area contributed by atoms with E-state index in [2.05, 4.69) is 10.3 Å². The van der Waals surface area contributed by atoms with Crippen molar-refractivity contribution >= 4 is 23.2 Å². The molecule has 2 N–H and O–H groups in total. The summed E-state index contributed by atoms with van der Waals surface area (Å²) in [5.74, 6) is -1.72. The maximum Gasteiger partial charge on any atom is 0.408 e. The number of halogens is 2. The highest BCUT2D eigenvalue weighted by Crippen LogP contribution is 2.25. The van der Waals surface area contributed by atoms with Gasteiger partial charge in [-0.2, -0.15) is 0 Å². The zero-order valence-electron chi connectivity index (χ0n) is 17.1. The van der Waals surface area contributed by atoms with Crippen LogP contribution >= 0.6 is 0 Å². The van der Waals surface area contributed by atoms with Crippen LogP contribution < -0.4 is 5.32 Å². The van der Waals surface area contributed by atoms with Gasteiger partial charge < -0.3 is 19.6 Å². The van der Waals surface area contributed by atoms with Crippen molar-refractivity contribution in [3.8, 4) is 11.5 Å². The highest BCUT2D eigenvalue weighted by molar-refractivity contribution is 5.80. The van der Waals surface area contributed by atoms with E-state index in [4.69, 9.17) is 9.15 Å². The Labute approximate surface area is 186 Å². The van der Waals surface area contributed by atoms with E-state index in [1.165, 1.54) is 36.4 Å². The van der Waals surface area contributed by atoms with Crippen molar-refractivity contribution < 1.29 is 32.6 Å². The van der Waals surface area contributed by atoms with E-state index < -0.39 is 23.9 Å². The summed E-state index contributed by atoms with van der Waals surface area (Å²) in [5, 5.41) is 11.7. The first-order chi connectivity index (χ1) is 15.9. The summed E-state index contributed by atoms with van der Waals surface area (Å²) in [6.45, 7) is -0.122. The molecule has 0 saturated heterocycles. The normalized spacial score (nSPS) is 11.8. The predicted molar refractivity (Wildman–Crippen MR) is 114 cm³/mol. The fourth-order valence-electron chi connectivity index (χ4n) is 3.17. The van der Waals surface area contributed by atoms with Crippen LogP contribution in [0.1, 0.15) is 11.1 Å². The Balaban J connectivity index is 1.38. The van der Waals surface area contributed by atoms with Gasteiger partial charge in [-0.15, -0.1) is 0 Å². The number of alkyl carbamates (subject to hydrolysis) is 1. The molecule has 9 heteroatoms. The van der Waals surface area contributed by atoms with Gasteiger partial charge >= 0.3 is 12.1 Å². The lowest BCUT2D eigenvalue weighted by Crippen LogP contribution is -2.42. The van der Waals surface area contributed by atoms with Crippen molar-refractivity contribution in [1.82, 2.24) is 10.3 Å². The maximum atomic E-state index is 13.1. The van der Waals surface area contributed by atoms with Crippen LogP contribution in [0.25, 0.3) is 22.6 Å². The van der Waals surface area contributed by atoms with Gasteiger partial charge in [0.25, 0.3) is 0 Å². The van der Waals surface area contributed by atoms with Crippen molar-refractivity contribution in [2.45, 2.75) is 19.1 Å². The minimum absolute atomic E-state index is 0.0260. The molecule has 0 bridgehead atoms. The third-order valence-corrected chi connectivity index (χ3v) is 4.86. The lowest BCUT2D eigenvalue weighted by atomic mass is 10.1. The first-order valence-electron chi connectivity index (χ1n) is 9.93. The van der Waals surface area contributed by atoms with Crippen LogP contribution in [0.3, 0.4) is 0 Å². The SMILES string of the molecule is O=C(N[C@H](Cc1ccc(F)cc1)C(=O)O)OCc1ccc2oc(-c3ccc(F)cc3)nc2c1. The molecule has 4 rings (SSSR count). The van der Waals surface area contributed by atoms with Crippen molar-refractivity contribution in [2.24, 2.45) is 0 Å². The quantitative estimate of drug-likeness (QED) is 0.422. The lowest BCUT2D eigenvalue weighted by molar-refractivity contribution is -0.139. The maximum absolute atomic E-state index is 13.1. The van der Waals surface area contributed by atoms with Gasteiger partial charge in [-0.1, -0.05) is 18.2 Å². The molecule has 0 fully saturated rings. The van der Waals surface area contributed by atoms with Crippen LogP contribution in [0.4, 0.5) is 13.6 Å². The minimum atomic E-state index is -1.24. The van der Waals surface area contributed by atoms with Gasteiger partial charge in [0, 0.05) is 12.0 Å². The van der Waals surface area contributed by atoms with Crippen molar-refractivity contribution in [2.75, 3.05) is 0 Å². The van der Waals surface area contributed by atoms with E-state index in [9.17, 15) is 23.5 Å². The number of rotatable bonds is 7. The van der Waals surface area contributed by atoms with E-state index >= 15 is 0 Å². The van der Waals surface area contributed by atoms with Crippen LogP contribution in [-0.4, -0.2) is 28.2 Å². The summed E-state index contributed by atoms with van der Waals surface area (Å²) >= 11 is 0. The number of hydrogen-bond acceptors (Lipinski definition) is 5. The fraction of sp³-hybridized carbons (Fsp3) is 0.125. The van der Waals surface area contributed by atoms with Crippen LogP contribution in [0.15, 0.2) is 71.1 Å². The van der Waals surface area contributed by atoms with E-state index in [-0.39, 0.29) is 18.8 Å². The predicted octanol–water partition coefficient (Wildman–Crippen LogP) is 4.70. The van der Waals surface area contributed by atoms with Gasteiger partial charge in [-0.3, -0.25) is 0 Å². The molecule has 4 aromatic rings. The first kappa shape index (κ1) is 21.9. The van der Waals surface area contributed by atoms with E-state index in [1.807, 2.05) is 0 Å². The largest absolute Gasteiger partial charge is 0.480 e. The number of oxazole rings is 1. The molecule has 168 valence electrons. The van der Waals surface area contributed by atoms with Crippen molar-refractivity contribution in [3.63, 3.8) is 0 Å². The van der Waals surface area contributed by atoms with Gasteiger partial charge in [-0.25, -0.2) is 23.4 Å². The first-order valence-corrected chi connectivity index (χ1v) is 9.93. The smallest absolute Gasteiger partial charge is 0.408 e. The minimum Gasteiger partial charge on any atom is -0.480 e. The molecule has 0 saturated carbocycles. The van der Waals surface area contributed by atoms with E-state index in [1.54, 1.807) is 30.3 Å². The number of carboxylic acids is 1. The Morgan fingerprint density at radius 2 is 1.61 bits per heavy atom. The molecule has 33 heavy (non-hydrogen) atoms. The number of amides is 1. The number of ether oxygens (including phenoxy) is 1. The molecule has 0 aliphatic carbocycles. The molecule has 0 radical (unpaired) electrons. The van der Waals surface area contributed by atoms with Crippen molar-refractivity contribution in [3.05, 3.63) is 89.5 Å². The van der Waals surface area contributed by atoms with Crippen LogP contribution in [0.2, 0.25) is 0 Å². The van der Waals surface area contributed by atoms with Gasteiger partial charge in [0.1, 0.15) is 29.8 Å². The molecule has 7 nitrogen and oxygen atoms in total. The monoisotopic (exact) mass is 452 g/mol. The second-order valence-corrected chi connectivity index (χ2v) is 7.27. The standard InChI is InChI=1S/C24H18F2N2O5/c25-17-6-1-14(2-7-17)11-20(23(29)30)28-24(31)32-13-15-3-10-21-19(12-15)27-22(33-21)16-4-8-18(26)9-5-16/h1-10,12,20H,11,13H2,(H,28,31)(H,29,30)/t20-/m1/s1. The number of carboxylic acid groups (broad SMARTS) is 1. The number of carbonyl (C=O) groups is 2. The molecule has 1 amide bonds. The molecular weight excluding hydrogens is 434 g/mol. The number of fused-ring (bicyclic) bond motifs is 1. The second-order valence-electron chi connectivity index (χ2n) is 7.27. The molecule has 1 aromatic heterocycles. The topological polar surface area (TPSA) is 102 Å². The van der Waals surface area contributed by atoms with Crippen LogP contribution in [-0.2, 0) is 22.6 Å². The number of nitrogens with zero attached hydrogens (tertiary/aromatic N) is 1. The van der Waals surface area contributed by atoms with Crippen LogP contribution in [0, 0.1) is 11.6 Å². The molecule has 0 aliphatic heterocycles. The van der Waals surface area contributed by atoms with Gasteiger partial charge in [0.15, 0.2) is 5.58 Å². The Morgan fingerprint density at radius 3 is 2.27 bits per heavy atom. The molecular formula is C24H18F2N2O5. The third kappa shape index (κ3) is 5.51. The number of nitrogens with one attached hydrogen (secondary N) is 1. The molecule has 0 spiro atoms. The number of hydrogen-bond donors (Lipinski definition) is 2. The second kappa shape index (κ2) is 9.47. The molecule has 3 aromatic carbocycles. The zero-order chi connectivity index (χ0) is 23.4. The average molecular weight is 452 g/mol. The summed E-state index contributed by atoms with van der Waals surface area (Å²) < 4.78 is 37.0. The number of carbonyl (C=O) groups excluding carboxylic acids is 1. The van der Waals surface area contributed by atoms with Gasteiger partial charge in [0.2, 0.25) is 5.89 Å². The summed E-state index contributed by atoms with van der Waals surface area (Å²) in [5.41, 5.74) is 2.81. The zero-order valence-corrected chi connectivity index (χ0v) is 17.1. The Hall–Kier alpha value is -4.27. The summed E-state index contributed by atoms with van der Waals surface area (Å²) in [6.07, 6.45) is -0.932. The third-order valence-electron chi connectivity index (χ3n) is 4.86. The summed E-state index contributed by atoms with van der Waals surface area (Å²) in [7, 11) is 0.